The molecule has 0 atom stereocenters. The van der Waals surface area contributed by atoms with Crippen LogP contribution in [0.1, 0.15) is 0 Å². The van der Waals surface area contributed by atoms with Crippen LogP contribution in [0.4, 0.5) is 29.1 Å². The smallest absolute Gasteiger partial charge is 0.490 e. The second kappa shape index (κ2) is 9.18. The van der Waals surface area contributed by atoms with Gasteiger partial charge in [0.2, 0.25) is 0 Å². The lowest BCUT2D eigenvalue weighted by molar-refractivity contribution is -0.192. The summed E-state index contributed by atoms with van der Waals surface area (Å²) >= 11 is 11.6. The van der Waals surface area contributed by atoms with Gasteiger partial charge in [0.15, 0.2) is 17.3 Å². The zero-order valence-corrected chi connectivity index (χ0v) is 16.3. The molecule has 3 N–H and O–H groups in total. The zero-order valence-electron chi connectivity index (χ0n) is 14.8. The van der Waals surface area contributed by atoms with Crippen molar-refractivity contribution < 1.29 is 37.3 Å². The number of carbonyl (C=O) groups is 1. The van der Waals surface area contributed by atoms with Crippen LogP contribution in [0.25, 0.3) is 10.9 Å². The molecule has 1 aromatic heterocycles. The Kier molecular flexibility index (Phi) is 7.11. The van der Waals surface area contributed by atoms with E-state index in [1.807, 2.05) is 0 Å². The summed E-state index contributed by atoms with van der Waals surface area (Å²) in [6.07, 6.45) is -3.79. The molecule has 0 fully saturated rings. The van der Waals surface area contributed by atoms with Crippen LogP contribution in [0.2, 0.25) is 10.0 Å². The fourth-order valence-electron chi connectivity index (χ4n) is 2.09. The van der Waals surface area contributed by atoms with Crippen molar-refractivity contribution in [3.05, 3.63) is 46.5 Å². The van der Waals surface area contributed by atoms with Gasteiger partial charge in [-0.2, -0.15) is 13.2 Å². The number of nitrogens with zero attached hydrogens (tertiary/aromatic N) is 2. The molecule has 0 saturated carbocycles. The lowest BCUT2D eigenvalue weighted by Crippen LogP contribution is -2.21. The first kappa shape index (κ1) is 23.2. The average Bonchev–Trinajstić information content (AvgIpc) is 2.67. The Morgan fingerprint density at radius 3 is 2.40 bits per heavy atom. The summed E-state index contributed by atoms with van der Waals surface area (Å²) in [5.74, 6) is -2.90. The number of nitrogens with one attached hydrogen (secondary N) is 1. The Hall–Kier alpha value is -3.05. The van der Waals surface area contributed by atoms with Crippen LogP contribution in [-0.2, 0) is 4.79 Å². The Balaban J connectivity index is 0.000000396. The molecule has 30 heavy (non-hydrogen) atoms. The van der Waals surface area contributed by atoms with E-state index in [0.717, 1.165) is 0 Å². The van der Waals surface area contributed by atoms with Gasteiger partial charge in [-0.25, -0.2) is 19.2 Å². The van der Waals surface area contributed by atoms with Crippen molar-refractivity contribution in [2.75, 3.05) is 12.4 Å². The number of hydrogen-bond donors (Lipinski definition) is 3. The molecule has 0 aliphatic carbocycles. The number of carboxylic acids is 1. The largest absolute Gasteiger partial charge is 0.504 e. The van der Waals surface area contributed by atoms with Crippen LogP contribution in [0.3, 0.4) is 0 Å². The van der Waals surface area contributed by atoms with E-state index in [-0.39, 0.29) is 27.2 Å². The Labute approximate surface area is 175 Å². The van der Waals surface area contributed by atoms with Crippen molar-refractivity contribution in [3.63, 3.8) is 0 Å². The van der Waals surface area contributed by atoms with Crippen molar-refractivity contribution >= 4 is 51.6 Å². The van der Waals surface area contributed by atoms with E-state index >= 15 is 0 Å². The van der Waals surface area contributed by atoms with Crippen LogP contribution in [0.15, 0.2) is 30.6 Å². The van der Waals surface area contributed by atoms with E-state index in [2.05, 4.69) is 15.3 Å². The van der Waals surface area contributed by atoms with Gasteiger partial charge >= 0.3 is 12.1 Å². The van der Waals surface area contributed by atoms with Gasteiger partial charge in [-0.05, 0) is 18.2 Å². The molecule has 0 spiro atoms. The predicted octanol–water partition coefficient (Wildman–Crippen LogP) is 5.17. The maximum atomic E-state index is 14.2. The fourth-order valence-corrected chi connectivity index (χ4v) is 2.40. The summed E-state index contributed by atoms with van der Waals surface area (Å²) in [4.78, 5) is 17.1. The van der Waals surface area contributed by atoms with Gasteiger partial charge < -0.3 is 20.3 Å². The molecule has 0 aliphatic heterocycles. The van der Waals surface area contributed by atoms with Gasteiger partial charge in [0.25, 0.3) is 0 Å². The molecule has 7 nitrogen and oxygen atoms in total. The minimum atomic E-state index is -5.08. The van der Waals surface area contributed by atoms with E-state index < -0.39 is 18.0 Å². The van der Waals surface area contributed by atoms with Crippen LogP contribution < -0.4 is 10.1 Å². The zero-order chi connectivity index (χ0) is 22.6. The average molecular weight is 468 g/mol. The molecule has 3 rings (SSSR count). The monoisotopic (exact) mass is 467 g/mol. The predicted molar refractivity (Wildman–Crippen MR) is 101 cm³/mol. The molecule has 0 bridgehead atoms. The van der Waals surface area contributed by atoms with Crippen molar-refractivity contribution in [3.8, 4) is 11.5 Å². The Bertz CT molecular complexity index is 1100. The van der Waals surface area contributed by atoms with Crippen LogP contribution in [-0.4, -0.2) is 39.4 Å². The van der Waals surface area contributed by atoms with E-state index in [0.29, 0.717) is 16.7 Å². The number of carboxylic acid groups (broad SMARTS) is 1. The highest BCUT2D eigenvalue weighted by atomic mass is 35.5. The molecule has 0 radical (unpaired) electrons. The van der Waals surface area contributed by atoms with Gasteiger partial charge in [0.05, 0.1) is 28.4 Å². The molecule has 2 aromatic carbocycles. The number of rotatable bonds is 3. The van der Waals surface area contributed by atoms with Crippen molar-refractivity contribution in [2.45, 2.75) is 6.18 Å². The van der Waals surface area contributed by atoms with E-state index in [1.165, 1.54) is 31.6 Å². The lowest BCUT2D eigenvalue weighted by atomic mass is 10.2. The van der Waals surface area contributed by atoms with Crippen LogP contribution in [0, 0.1) is 5.82 Å². The second-order valence-electron chi connectivity index (χ2n) is 5.41. The number of phenolic OH excluding ortho intramolecular Hbond substituents is 1. The van der Waals surface area contributed by atoms with Gasteiger partial charge in [-0.1, -0.05) is 23.2 Å². The molecule has 1 heterocycles. The minimum Gasteiger partial charge on any atom is -0.504 e. The van der Waals surface area contributed by atoms with Crippen LogP contribution >= 0.6 is 23.2 Å². The van der Waals surface area contributed by atoms with Gasteiger partial charge in [-0.15, -0.1) is 0 Å². The third-order valence-corrected chi connectivity index (χ3v) is 4.25. The molecule has 160 valence electrons. The first-order valence-corrected chi connectivity index (χ1v) is 8.43. The number of phenols is 1. The second-order valence-corrected chi connectivity index (χ2v) is 6.20. The summed E-state index contributed by atoms with van der Waals surface area (Å²) in [5.41, 5.74) is 0.590. The minimum absolute atomic E-state index is 0.0506. The topological polar surface area (TPSA) is 105 Å². The van der Waals surface area contributed by atoms with E-state index in [1.54, 1.807) is 6.07 Å². The third-order valence-electron chi connectivity index (χ3n) is 3.47. The molecule has 0 amide bonds. The number of benzene rings is 2. The van der Waals surface area contributed by atoms with Crippen molar-refractivity contribution in [1.29, 1.82) is 0 Å². The number of alkyl halides is 3. The lowest BCUT2D eigenvalue weighted by Gasteiger charge is -2.12. The first-order valence-electron chi connectivity index (χ1n) is 7.68. The number of hydrogen-bond acceptors (Lipinski definition) is 6. The summed E-state index contributed by atoms with van der Waals surface area (Å²) < 4.78 is 51.0. The maximum Gasteiger partial charge on any atom is 0.490 e. The number of anilines is 2. The number of halogens is 6. The number of aliphatic carboxylic acids is 1. The fraction of sp³-hybridized carbons (Fsp3) is 0.118. The highest BCUT2D eigenvalue weighted by Crippen LogP contribution is 2.35. The summed E-state index contributed by atoms with van der Waals surface area (Å²) in [6, 6.07) is 5.93. The molecule has 0 saturated heterocycles. The number of aromatic nitrogens is 2. The third kappa shape index (κ3) is 5.30. The van der Waals surface area contributed by atoms with Crippen LogP contribution in [0.5, 0.6) is 11.5 Å². The van der Waals surface area contributed by atoms with Crippen molar-refractivity contribution in [1.82, 2.24) is 9.97 Å². The molecule has 0 aliphatic rings. The highest BCUT2D eigenvalue weighted by Gasteiger charge is 2.38. The van der Waals surface area contributed by atoms with E-state index in [9.17, 15) is 22.7 Å². The first-order chi connectivity index (χ1) is 14.0. The van der Waals surface area contributed by atoms with Crippen molar-refractivity contribution in [2.24, 2.45) is 0 Å². The number of fused-ring (bicyclic) bond motifs is 1. The normalized spacial score (nSPS) is 10.9. The van der Waals surface area contributed by atoms with Gasteiger partial charge in [0.1, 0.15) is 12.1 Å². The summed E-state index contributed by atoms with van der Waals surface area (Å²) in [7, 11) is 1.43. The van der Waals surface area contributed by atoms with Gasteiger partial charge in [0, 0.05) is 11.5 Å². The molecule has 0 unspecified atom stereocenters. The molecular weight excluding hydrogens is 457 g/mol. The SMILES string of the molecule is COc1cc2c(Nc3ccc(Cl)c(Cl)c3F)ncnc2cc1O.O=C(O)C(F)(F)F. The Morgan fingerprint density at radius 1 is 1.20 bits per heavy atom. The molecule has 3 aromatic rings. The van der Waals surface area contributed by atoms with E-state index in [4.69, 9.17) is 37.8 Å². The number of aromatic hydroxyl groups is 1. The number of methoxy groups -OCH3 is 1. The number of ether oxygens (including phenoxy) is 1. The standard InChI is InChI=1S/C15H10Cl2FN3O2.C2HF3O2/c1-23-12-4-7-10(5-11(12)22)19-6-20-15(7)21-9-3-2-8(16)13(17)14(9)18;3-2(4,5)1(6)7/h2-6,22H,1H3,(H,19,20,21);(H,6,7). The molecular formula is C17H11Cl2F4N3O4. The highest BCUT2D eigenvalue weighted by molar-refractivity contribution is 6.42. The van der Waals surface area contributed by atoms with Gasteiger partial charge in [-0.3, -0.25) is 0 Å². The maximum absolute atomic E-state index is 14.2. The summed E-state index contributed by atoms with van der Waals surface area (Å²) in [6.45, 7) is 0. The Morgan fingerprint density at radius 2 is 1.83 bits per heavy atom. The quantitative estimate of drug-likeness (QED) is 0.360. The molecule has 13 heteroatoms. The summed E-state index contributed by atoms with van der Waals surface area (Å²) in [5, 5.41) is 20.3.